The van der Waals surface area contributed by atoms with Crippen molar-refractivity contribution in [1.29, 1.82) is 0 Å². The van der Waals surface area contributed by atoms with E-state index in [1.165, 1.54) is 7.05 Å². The van der Waals surface area contributed by atoms with Gasteiger partial charge in [0.15, 0.2) is 0 Å². The van der Waals surface area contributed by atoms with Gasteiger partial charge in [0, 0.05) is 12.6 Å². The third kappa shape index (κ3) is 4.48. The lowest BCUT2D eigenvalue weighted by Gasteiger charge is -1.91. The average molecular weight is 234 g/mol. The molecule has 0 fully saturated rings. The summed E-state index contributed by atoms with van der Waals surface area (Å²) in [5.74, 6) is -0.352. The lowest BCUT2D eigenvalue weighted by Crippen LogP contribution is -2.20. The highest BCUT2D eigenvalue weighted by Gasteiger charge is 1.96. The molecule has 90 valence electrons. The zero-order valence-corrected chi connectivity index (χ0v) is 9.46. The van der Waals surface area contributed by atoms with E-state index >= 15 is 0 Å². The molecule has 2 N–H and O–H groups in total. The van der Waals surface area contributed by atoms with Crippen LogP contribution >= 0.6 is 0 Å². The highest BCUT2D eigenvalue weighted by atomic mass is 16.5. The monoisotopic (exact) mass is 234 g/mol. The van der Waals surface area contributed by atoms with Crippen LogP contribution in [0, 0.1) is 0 Å². The number of hydrogen-bond donors (Lipinski definition) is 2. The first-order valence-corrected chi connectivity index (χ1v) is 5.04. The van der Waals surface area contributed by atoms with Crippen molar-refractivity contribution in [2.24, 2.45) is 0 Å². The predicted molar refractivity (Wildman–Crippen MR) is 63.1 cm³/mol. The van der Waals surface area contributed by atoms with Crippen LogP contribution in [0.15, 0.2) is 47.3 Å². The van der Waals surface area contributed by atoms with Gasteiger partial charge in [-0.25, -0.2) is 0 Å². The van der Waals surface area contributed by atoms with Gasteiger partial charge >= 0.3 is 0 Å². The number of carbonyl (C=O) groups is 1. The minimum atomic E-state index is -0.420. The van der Waals surface area contributed by atoms with Crippen molar-refractivity contribution < 1.29 is 14.4 Å². The van der Waals surface area contributed by atoms with Crippen molar-refractivity contribution in [3.63, 3.8) is 0 Å². The lowest BCUT2D eigenvalue weighted by atomic mass is 10.1. The lowest BCUT2D eigenvalue weighted by molar-refractivity contribution is -0.123. The molecule has 0 unspecified atom stereocenters. The third-order valence-electron chi connectivity index (χ3n) is 1.96. The number of aromatic nitrogens is 1. The highest BCUT2D eigenvalue weighted by Crippen LogP contribution is 2.16. The molecule has 5 nitrogen and oxygen atoms in total. The van der Waals surface area contributed by atoms with E-state index in [0.717, 1.165) is 11.1 Å². The fraction of sp³-hybridized carbons (Fsp3) is 0.167. The molecule has 0 saturated heterocycles. The molecule has 0 saturated carbocycles. The predicted octanol–water partition coefficient (Wildman–Crippen LogP) is 1.07. The van der Waals surface area contributed by atoms with Crippen molar-refractivity contribution in [3.8, 4) is 11.1 Å². The maximum atomic E-state index is 9.82. The Labute approximate surface area is 99.1 Å². The standard InChI is InChI=1S/C9H7NO.C3H7NO2/c1-2-4-8(5-3-1)9-6-10-11-7-9;1-4-3(6)2-5/h1-7H;5H,2H2,1H3,(H,4,6). The summed E-state index contributed by atoms with van der Waals surface area (Å²) >= 11 is 0. The number of likely N-dealkylation sites (N-methyl/N-ethyl adjacent to an activating group) is 1. The molecule has 0 aliphatic rings. The first-order valence-electron chi connectivity index (χ1n) is 5.04. The Kier molecular flexibility index (Phi) is 5.46. The number of nitrogens with one attached hydrogen (secondary N) is 1. The largest absolute Gasteiger partial charge is 0.387 e. The minimum absolute atomic E-state index is 0.352. The normalized spacial score (nSPS) is 9.06. The zero-order chi connectivity index (χ0) is 12.5. The summed E-state index contributed by atoms with van der Waals surface area (Å²) < 4.78 is 4.72. The zero-order valence-electron chi connectivity index (χ0n) is 9.46. The van der Waals surface area contributed by atoms with Crippen molar-refractivity contribution in [2.45, 2.75) is 0 Å². The Bertz CT molecular complexity index is 420. The Morgan fingerprint density at radius 2 is 2.06 bits per heavy atom. The molecule has 1 aromatic heterocycles. The van der Waals surface area contributed by atoms with Gasteiger partial charge in [0.25, 0.3) is 0 Å². The highest BCUT2D eigenvalue weighted by molar-refractivity contribution is 5.76. The molecule has 0 aliphatic heterocycles. The third-order valence-corrected chi connectivity index (χ3v) is 1.96. The van der Waals surface area contributed by atoms with Crippen LogP contribution in [0.1, 0.15) is 0 Å². The van der Waals surface area contributed by atoms with Gasteiger partial charge in [-0.2, -0.15) is 0 Å². The molecular formula is C12H14N2O3. The quantitative estimate of drug-likeness (QED) is 0.814. The van der Waals surface area contributed by atoms with Gasteiger partial charge in [-0.3, -0.25) is 4.79 Å². The SMILES string of the molecule is CNC(=O)CO.c1ccc(-c2cnoc2)cc1. The van der Waals surface area contributed by atoms with Crippen molar-refractivity contribution in [3.05, 3.63) is 42.8 Å². The van der Waals surface area contributed by atoms with Gasteiger partial charge in [-0.1, -0.05) is 35.5 Å². The molecule has 2 rings (SSSR count). The molecule has 2 aromatic rings. The van der Waals surface area contributed by atoms with E-state index in [2.05, 4.69) is 10.5 Å². The molecule has 1 aromatic carbocycles. The van der Waals surface area contributed by atoms with E-state index in [1.807, 2.05) is 30.3 Å². The number of aliphatic hydroxyl groups excluding tert-OH is 1. The van der Waals surface area contributed by atoms with Crippen molar-refractivity contribution in [2.75, 3.05) is 13.7 Å². The van der Waals surface area contributed by atoms with Crippen LogP contribution in [0.2, 0.25) is 0 Å². The van der Waals surface area contributed by atoms with E-state index in [0.29, 0.717) is 0 Å². The Hall–Kier alpha value is -2.14. The second kappa shape index (κ2) is 7.19. The van der Waals surface area contributed by atoms with Crippen LogP contribution in [0.5, 0.6) is 0 Å². The van der Waals surface area contributed by atoms with Crippen LogP contribution in [0.25, 0.3) is 11.1 Å². The summed E-state index contributed by atoms with van der Waals surface area (Å²) in [6.45, 7) is -0.420. The fourth-order valence-electron chi connectivity index (χ4n) is 1.06. The molecule has 0 aliphatic carbocycles. The summed E-state index contributed by atoms with van der Waals surface area (Å²) in [6, 6.07) is 10.0. The maximum Gasteiger partial charge on any atom is 0.245 e. The number of nitrogens with zero attached hydrogens (tertiary/aromatic N) is 1. The second-order valence-corrected chi connectivity index (χ2v) is 3.11. The van der Waals surface area contributed by atoms with Crippen molar-refractivity contribution in [1.82, 2.24) is 10.5 Å². The van der Waals surface area contributed by atoms with E-state index < -0.39 is 6.61 Å². The van der Waals surface area contributed by atoms with Gasteiger partial charge in [0.2, 0.25) is 5.91 Å². The number of rotatable bonds is 2. The van der Waals surface area contributed by atoms with Crippen LogP contribution in [0.3, 0.4) is 0 Å². The smallest absolute Gasteiger partial charge is 0.245 e. The van der Waals surface area contributed by atoms with Gasteiger partial charge in [0.1, 0.15) is 12.9 Å². The summed E-state index contributed by atoms with van der Waals surface area (Å²) in [6.07, 6.45) is 3.34. The summed E-state index contributed by atoms with van der Waals surface area (Å²) in [7, 11) is 1.47. The average Bonchev–Trinajstić information content (AvgIpc) is 2.93. The summed E-state index contributed by atoms with van der Waals surface area (Å²) in [5.41, 5.74) is 2.15. The Morgan fingerprint density at radius 3 is 2.47 bits per heavy atom. The molecule has 0 radical (unpaired) electrons. The maximum absolute atomic E-state index is 9.82. The minimum Gasteiger partial charge on any atom is -0.387 e. The summed E-state index contributed by atoms with van der Waals surface area (Å²) in [5, 5.41) is 13.8. The van der Waals surface area contributed by atoms with Crippen molar-refractivity contribution >= 4 is 5.91 Å². The van der Waals surface area contributed by atoms with Gasteiger partial charge in [-0.15, -0.1) is 0 Å². The molecular weight excluding hydrogens is 220 g/mol. The molecule has 17 heavy (non-hydrogen) atoms. The van der Waals surface area contributed by atoms with E-state index in [-0.39, 0.29) is 5.91 Å². The molecule has 0 spiro atoms. The molecule has 5 heteroatoms. The molecule has 1 heterocycles. The molecule has 0 atom stereocenters. The van der Waals surface area contributed by atoms with Crippen LogP contribution in [0.4, 0.5) is 0 Å². The second-order valence-electron chi connectivity index (χ2n) is 3.11. The van der Waals surface area contributed by atoms with Crippen LogP contribution < -0.4 is 5.32 Å². The van der Waals surface area contributed by atoms with E-state index in [1.54, 1.807) is 12.5 Å². The topological polar surface area (TPSA) is 75.4 Å². The first kappa shape index (κ1) is 12.9. The number of benzene rings is 1. The number of aliphatic hydroxyl groups is 1. The van der Waals surface area contributed by atoms with Gasteiger partial charge in [-0.05, 0) is 5.56 Å². The number of amides is 1. The summed E-state index contributed by atoms with van der Waals surface area (Å²) in [4.78, 5) is 9.82. The van der Waals surface area contributed by atoms with Crippen LogP contribution in [-0.4, -0.2) is 29.8 Å². The van der Waals surface area contributed by atoms with Gasteiger partial charge < -0.3 is 14.9 Å². The number of carbonyl (C=O) groups excluding carboxylic acids is 1. The van der Waals surface area contributed by atoms with E-state index in [4.69, 9.17) is 9.63 Å². The molecule has 0 bridgehead atoms. The molecule has 1 amide bonds. The fourth-order valence-corrected chi connectivity index (χ4v) is 1.06. The first-order chi connectivity index (χ1) is 8.27. The number of hydrogen-bond acceptors (Lipinski definition) is 4. The van der Waals surface area contributed by atoms with Gasteiger partial charge in [0.05, 0.1) is 6.20 Å². The van der Waals surface area contributed by atoms with Crippen LogP contribution in [-0.2, 0) is 4.79 Å². The Morgan fingerprint density at radius 1 is 1.35 bits per heavy atom. The Balaban J connectivity index is 0.000000209. The van der Waals surface area contributed by atoms with E-state index in [9.17, 15) is 4.79 Å².